The van der Waals surface area contributed by atoms with E-state index in [-0.39, 0.29) is 5.96 Å². The third-order valence-electron chi connectivity index (χ3n) is 1.74. The Morgan fingerprint density at radius 3 is 1.88 bits per heavy atom. The van der Waals surface area contributed by atoms with Gasteiger partial charge in [-0.2, -0.15) is 0 Å². The largest absolute Gasteiger partial charge is 0.457 e. The first kappa shape index (κ1) is 15.4. The van der Waals surface area contributed by atoms with E-state index in [1.165, 1.54) is 0 Å². The van der Waals surface area contributed by atoms with Gasteiger partial charge in [0.2, 0.25) is 0 Å². The van der Waals surface area contributed by atoms with Crippen LogP contribution in [-0.2, 0) is 13.6 Å². The summed E-state index contributed by atoms with van der Waals surface area (Å²) in [4.78, 5) is 0. The van der Waals surface area contributed by atoms with E-state index in [1.54, 1.807) is 0 Å². The second kappa shape index (κ2) is 8.56. The van der Waals surface area contributed by atoms with Crippen molar-refractivity contribution in [2.75, 3.05) is 13.2 Å². The van der Waals surface area contributed by atoms with Gasteiger partial charge in [-0.15, -0.1) is 4.76 Å². The molecule has 0 saturated heterocycles. The van der Waals surface area contributed by atoms with Crippen LogP contribution >= 0.6 is 7.75 Å². The van der Waals surface area contributed by atoms with Gasteiger partial charge in [-0.25, -0.2) is 4.57 Å². The molecule has 0 radical (unpaired) electrons. The predicted molar refractivity (Wildman–Crippen MR) is 65.1 cm³/mol. The van der Waals surface area contributed by atoms with E-state index >= 15 is 0 Å². The van der Waals surface area contributed by atoms with E-state index < -0.39 is 7.75 Å². The Kier molecular flexibility index (Phi) is 8.25. The van der Waals surface area contributed by atoms with Gasteiger partial charge in [0.1, 0.15) is 0 Å². The van der Waals surface area contributed by atoms with E-state index in [0.717, 1.165) is 25.7 Å². The van der Waals surface area contributed by atoms with E-state index in [1.807, 2.05) is 13.8 Å². The highest BCUT2D eigenvalue weighted by Gasteiger charge is 2.23. The quantitative estimate of drug-likeness (QED) is 0.282. The number of guanidine groups is 1. The maximum Gasteiger partial charge on any atom is 0.457 e. The fourth-order valence-electron chi connectivity index (χ4n) is 0.885. The van der Waals surface area contributed by atoms with Crippen LogP contribution < -0.4 is 11.5 Å². The lowest BCUT2D eigenvalue weighted by atomic mass is 10.4. The average Bonchev–Trinajstić information content (AvgIpc) is 2.17. The Bertz CT molecular complexity index is 240. The minimum atomic E-state index is -3.50. The summed E-state index contributed by atoms with van der Waals surface area (Å²) in [5, 5.41) is 0. The van der Waals surface area contributed by atoms with Crippen molar-refractivity contribution in [3.05, 3.63) is 0 Å². The summed E-state index contributed by atoms with van der Waals surface area (Å²) >= 11 is 0. The summed E-state index contributed by atoms with van der Waals surface area (Å²) < 4.78 is 25.7. The van der Waals surface area contributed by atoms with Crippen LogP contribution in [0.1, 0.15) is 39.5 Å². The molecule has 0 spiro atoms. The lowest BCUT2D eigenvalue weighted by molar-refractivity contribution is 0.200. The van der Waals surface area contributed by atoms with E-state index in [2.05, 4.69) is 4.76 Å². The summed E-state index contributed by atoms with van der Waals surface area (Å²) in [6.45, 7) is 4.67. The van der Waals surface area contributed by atoms with Gasteiger partial charge in [0.05, 0.1) is 13.2 Å². The van der Waals surface area contributed by atoms with Crippen molar-refractivity contribution in [1.29, 1.82) is 0 Å². The zero-order valence-electron chi connectivity index (χ0n) is 10.0. The molecule has 96 valence electrons. The lowest BCUT2D eigenvalue weighted by Gasteiger charge is -2.13. The number of rotatable bonds is 9. The van der Waals surface area contributed by atoms with Crippen molar-refractivity contribution in [3.63, 3.8) is 0 Å². The van der Waals surface area contributed by atoms with Crippen molar-refractivity contribution in [3.8, 4) is 0 Å². The molecule has 0 heterocycles. The van der Waals surface area contributed by atoms with Crippen molar-refractivity contribution >= 4 is 13.7 Å². The zero-order chi connectivity index (χ0) is 12.4. The Morgan fingerprint density at radius 2 is 1.56 bits per heavy atom. The molecule has 0 saturated carbocycles. The monoisotopic (exact) mass is 251 g/mol. The van der Waals surface area contributed by atoms with Crippen LogP contribution in [0.25, 0.3) is 0 Å². The Hall–Kier alpha value is -0.580. The first-order chi connectivity index (χ1) is 7.54. The highest BCUT2D eigenvalue weighted by Crippen LogP contribution is 2.49. The van der Waals surface area contributed by atoms with Gasteiger partial charge in [0.25, 0.3) is 0 Å². The van der Waals surface area contributed by atoms with Gasteiger partial charge < -0.3 is 11.5 Å². The van der Waals surface area contributed by atoms with Crippen molar-refractivity contribution in [2.45, 2.75) is 39.5 Å². The molecule has 0 atom stereocenters. The second-order valence-electron chi connectivity index (χ2n) is 3.37. The van der Waals surface area contributed by atoms with Crippen LogP contribution in [0.3, 0.4) is 0 Å². The van der Waals surface area contributed by atoms with Gasteiger partial charge in [-0.05, 0) is 12.8 Å². The summed E-state index contributed by atoms with van der Waals surface area (Å²) in [6.07, 6.45) is 3.47. The molecule has 0 aliphatic heterocycles. The fraction of sp³-hybridized carbons (Fsp3) is 0.889. The normalized spacial score (nSPS) is 11.4. The molecule has 0 aliphatic rings. The summed E-state index contributed by atoms with van der Waals surface area (Å²) in [7, 11) is -3.50. The third-order valence-corrected chi connectivity index (χ3v) is 3.24. The SMILES string of the molecule is CCCCOP(=O)(N=C(N)N)OCCCC. The van der Waals surface area contributed by atoms with Crippen LogP contribution in [0.4, 0.5) is 0 Å². The third kappa shape index (κ3) is 7.68. The molecule has 0 aromatic rings. The maximum absolute atomic E-state index is 12.0. The zero-order valence-corrected chi connectivity index (χ0v) is 10.9. The molecule has 0 bridgehead atoms. The summed E-state index contributed by atoms with van der Waals surface area (Å²) in [5.41, 5.74) is 10.4. The van der Waals surface area contributed by atoms with Crippen LogP contribution in [0, 0.1) is 0 Å². The standard InChI is InChI=1S/C9H22N3O3P/c1-3-5-7-14-16(13,12-9(10)11)15-8-6-4-2/h3-8H2,1-2H3,(H4,10,11,12,13). The molecule has 0 rings (SSSR count). The highest BCUT2D eigenvalue weighted by molar-refractivity contribution is 7.52. The van der Waals surface area contributed by atoms with E-state index in [9.17, 15) is 4.57 Å². The smallest absolute Gasteiger partial charge is 0.370 e. The fourth-order valence-corrected chi connectivity index (χ4v) is 2.08. The van der Waals surface area contributed by atoms with Crippen LogP contribution in [0.5, 0.6) is 0 Å². The topological polar surface area (TPSA) is 99.9 Å². The van der Waals surface area contributed by atoms with Crippen LogP contribution in [0.2, 0.25) is 0 Å². The van der Waals surface area contributed by atoms with Crippen LogP contribution in [-0.4, -0.2) is 19.2 Å². The molecular weight excluding hydrogens is 229 g/mol. The van der Waals surface area contributed by atoms with Gasteiger partial charge in [0, 0.05) is 0 Å². The molecule has 0 aromatic heterocycles. The van der Waals surface area contributed by atoms with E-state index in [0.29, 0.717) is 13.2 Å². The molecule has 0 unspecified atom stereocenters. The number of nitrogens with two attached hydrogens (primary N) is 2. The van der Waals surface area contributed by atoms with Gasteiger partial charge >= 0.3 is 7.75 Å². The van der Waals surface area contributed by atoms with Gasteiger partial charge in [-0.1, -0.05) is 26.7 Å². The molecule has 0 aromatic carbocycles. The first-order valence-corrected chi connectivity index (χ1v) is 7.04. The molecule has 16 heavy (non-hydrogen) atoms. The second-order valence-corrected chi connectivity index (χ2v) is 5.02. The van der Waals surface area contributed by atoms with Gasteiger partial charge in [0.15, 0.2) is 5.96 Å². The van der Waals surface area contributed by atoms with E-state index in [4.69, 9.17) is 20.5 Å². The molecule has 0 amide bonds. The minimum Gasteiger partial charge on any atom is -0.370 e. The average molecular weight is 251 g/mol. The van der Waals surface area contributed by atoms with Gasteiger partial charge in [-0.3, -0.25) is 9.05 Å². The molecule has 0 aliphatic carbocycles. The summed E-state index contributed by atoms with van der Waals surface area (Å²) in [5.74, 6) is -0.281. The Labute approximate surface area is 97.0 Å². The number of hydrogen-bond acceptors (Lipinski definition) is 3. The van der Waals surface area contributed by atoms with Crippen molar-refractivity contribution in [2.24, 2.45) is 16.2 Å². The molecule has 0 fully saturated rings. The lowest BCUT2D eigenvalue weighted by Crippen LogP contribution is -2.22. The Balaban J connectivity index is 4.26. The Morgan fingerprint density at radius 1 is 1.12 bits per heavy atom. The number of nitrogens with zero attached hydrogens (tertiary/aromatic N) is 1. The molecule has 6 nitrogen and oxygen atoms in total. The van der Waals surface area contributed by atoms with Crippen LogP contribution in [0.15, 0.2) is 4.76 Å². The molecule has 4 N–H and O–H groups in total. The van der Waals surface area contributed by atoms with Crippen molar-refractivity contribution < 1.29 is 13.6 Å². The molecular formula is C9H22N3O3P. The number of unbranched alkanes of at least 4 members (excludes halogenated alkanes) is 2. The maximum atomic E-state index is 12.0. The molecule has 7 heteroatoms. The highest BCUT2D eigenvalue weighted by atomic mass is 31.2. The summed E-state index contributed by atoms with van der Waals surface area (Å²) in [6, 6.07) is 0. The first-order valence-electron chi connectivity index (χ1n) is 5.54. The number of hydrogen-bond donors (Lipinski definition) is 2. The van der Waals surface area contributed by atoms with Crippen molar-refractivity contribution in [1.82, 2.24) is 0 Å². The minimum absolute atomic E-state index is 0.281. The predicted octanol–water partition coefficient (Wildman–Crippen LogP) is 2.00.